The monoisotopic (exact) mass is 256 g/mol. The standard InChI is InChI=1S/C12H14F2N2O2/c1-2-3-4-5-15-8-9-6-12(16(17)18)11(14)7-10(9)13/h2-3,6-7,15H,4-5,8H2,1H3/b3-2+. The molecule has 0 saturated carbocycles. The molecule has 1 aromatic carbocycles. The lowest BCUT2D eigenvalue weighted by Crippen LogP contribution is -2.15. The van der Waals surface area contributed by atoms with Gasteiger partial charge in [-0.05, 0) is 19.9 Å². The Balaban J connectivity index is 2.70. The van der Waals surface area contributed by atoms with Gasteiger partial charge in [0.1, 0.15) is 5.82 Å². The second-order valence-corrected chi connectivity index (χ2v) is 3.69. The van der Waals surface area contributed by atoms with Gasteiger partial charge in [0.05, 0.1) is 4.92 Å². The van der Waals surface area contributed by atoms with Crippen LogP contribution in [0.5, 0.6) is 0 Å². The number of nitro benzene ring substituents is 1. The molecule has 0 fully saturated rings. The lowest BCUT2D eigenvalue weighted by atomic mass is 10.1. The van der Waals surface area contributed by atoms with Crippen molar-refractivity contribution in [2.24, 2.45) is 0 Å². The number of nitrogens with one attached hydrogen (secondary N) is 1. The first kappa shape index (κ1) is 14.2. The molecule has 0 bridgehead atoms. The maximum absolute atomic E-state index is 13.4. The highest BCUT2D eigenvalue weighted by Crippen LogP contribution is 2.21. The van der Waals surface area contributed by atoms with Crippen molar-refractivity contribution in [2.75, 3.05) is 6.54 Å². The Morgan fingerprint density at radius 3 is 2.72 bits per heavy atom. The zero-order chi connectivity index (χ0) is 13.5. The van der Waals surface area contributed by atoms with Crippen LogP contribution in [-0.2, 0) is 6.54 Å². The lowest BCUT2D eigenvalue weighted by molar-refractivity contribution is -0.387. The molecule has 6 heteroatoms. The van der Waals surface area contributed by atoms with Crippen molar-refractivity contribution in [2.45, 2.75) is 19.9 Å². The van der Waals surface area contributed by atoms with Gasteiger partial charge in [0.2, 0.25) is 5.82 Å². The largest absolute Gasteiger partial charge is 0.312 e. The molecule has 0 saturated heterocycles. The minimum absolute atomic E-state index is 0.0866. The van der Waals surface area contributed by atoms with Crippen LogP contribution in [0.25, 0.3) is 0 Å². The second kappa shape index (κ2) is 6.80. The smallest absolute Gasteiger partial charge is 0.305 e. The van der Waals surface area contributed by atoms with E-state index in [1.165, 1.54) is 0 Å². The first-order chi connectivity index (χ1) is 8.56. The lowest BCUT2D eigenvalue weighted by Gasteiger charge is -2.05. The molecule has 0 heterocycles. The molecule has 0 atom stereocenters. The van der Waals surface area contributed by atoms with Gasteiger partial charge in [-0.1, -0.05) is 12.2 Å². The van der Waals surface area contributed by atoms with Crippen LogP contribution < -0.4 is 5.32 Å². The molecule has 4 nitrogen and oxygen atoms in total. The summed E-state index contributed by atoms with van der Waals surface area (Å²) in [6.07, 6.45) is 4.61. The fourth-order valence-corrected chi connectivity index (χ4v) is 1.43. The predicted octanol–water partition coefficient (Wildman–Crippen LogP) is 2.93. The first-order valence-corrected chi connectivity index (χ1v) is 5.50. The van der Waals surface area contributed by atoms with Crippen LogP contribution in [0.15, 0.2) is 24.3 Å². The van der Waals surface area contributed by atoms with Crippen molar-refractivity contribution in [3.05, 3.63) is 51.6 Å². The zero-order valence-corrected chi connectivity index (χ0v) is 9.95. The van der Waals surface area contributed by atoms with Crippen molar-refractivity contribution in [3.63, 3.8) is 0 Å². The van der Waals surface area contributed by atoms with Crippen LogP contribution in [0.4, 0.5) is 14.5 Å². The average molecular weight is 256 g/mol. The molecule has 0 aromatic heterocycles. The summed E-state index contributed by atoms with van der Waals surface area (Å²) in [5.74, 6) is -1.94. The number of nitro groups is 1. The molecule has 0 aliphatic heterocycles. The van der Waals surface area contributed by atoms with E-state index in [9.17, 15) is 18.9 Å². The molecule has 0 amide bonds. The van der Waals surface area contributed by atoms with Gasteiger partial charge in [-0.3, -0.25) is 10.1 Å². The van der Waals surface area contributed by atoms with Gasteiger partial charge in [-0.15, -0.1) is 0 Å². The van der Waals surface area contributed by atoms with Crippen molar-refractivity contribution in [1.82, 2.24) is 5.32 Å². The molecule has 98 valence electrons. The van der Waals surface area contributed by atoms with Gasteiger partial charge in [-0.2, -0.15) is 4.39 Å². The third-order valence-corrected chi connectivity index (χ3v) is 2.35. The predicted molar refractivity (Wildman–Crippen MR) is 64.2 cm³/mol. The fourth-order valence-electron chi connectivity index (χ4n) is 1.43. The number of nitrogens with zero attached hydrogens (tertiary/aromatic N) is 1. The number of benzene rings is 1. The molecule has 0 aliphatic carbocycles. The molecule has 0 aliphatic rings. The van der Waals surface area contributed by atoms with Crippen LogP contribution in [0.2, 0.25) is 0 Å². The maximum atomic E-state index is 13.4. The van der Waals surface area contributed by atoms with Gasteiger partial charge >= 0.3 is 5.69 Å². The molecule has 18 heavy (non-hydrogen) atoms. The topological polar surface area (TPSA) is 55.2 Å². The summed E-state index contributed by atoms with van der Waals surface area (Å²) in [6.45, 7) is 2.64. The third-order valence-electron chi connectivity index (χ3n) is 2.35. The molecule has 1 N–H and O–H groups in total. The highest BCUT2D eigenvalue weighted by atomic mass is 19.1. The van der Waals surface area contributed by atoms with E-state index in [1.807, 2.05) is 19.1 Å². The molecule has 0 unspecified atom stereocenters. The van der Waals surface area contributed by atoms with Gasteiger partial charge < -0.3 is 5.32 Å². The van der Waals surface area contributed by atoms with Crippen molar-refractivity contribution >= 4 is 5.69 Å². The normalized spacial score (nSPS) is 11.1. The van der Waals surface area contributed by atoms with Crippen molar-refractivity contribution in [3.8, 4) is 0 Å². The highest BCUT2D eigenvalue weighted by Gasteiger charge is 2.17. The van der Waals surface area contributed by atoms with Gasteiger partial charge in [0, 0.05) is 24.2 Å². The van der Waals surface area contributed by atoms with E-state index in [-0.39, 0.29) is 12.1 Å². The second-order valence-electron chi connectivity index (χ2n) is 3.69. The Hall–Kier alpha value is -1.82. The van der Waals surface area contributed by atoms with Crippen LogP contribution >= 0.6 is 0 Å². The van der Waals surface area contributed by atoms with Crippen molar-refractivity contribution < 1.29 is 13.7 Å². The molecule has 1 aromatic rings. The Morgan fingerprint density at radius 1 is 1.39 bits per heavy atom. The summed E-state index contributed by atoms with van der Waals surface area (Å²) in [4.78, 5) is 9.65. The van der Waals surface area contributed by atoms with Crippen LogP contribution in [0, 0.1) is 21.7 Å². The van der Waals surface area contributed by atoms with Crippen molar-refractivity contribution in [1.29, 1.82) is 0 Å². The van der Waals surface area contributed by atoms with Gasteiger partial charge in [-0.25, -0.2) is 4.39 Å². The van der Waals surface area contributed by atoms with E-state index in [0.717, 1.165) is 12.5 Å². The Bertz CT molecular complexity index is 462. The minimum Gasteiger partial charge on any atom is -0.312 e. The number of rotatable bonds is 6. The number of allylic oxidation sites excluding steroid dienone is 1. The average Bonchev–Trinajstić information content (AvgIpc) is 2.30. The van der Waals surface area contributed by atoms with E-state index >= 15 is 0 Å². The SMILES string of the molecule is C/C=C/CCNCc1cc([N+](=O)[O-])c(F)cc1F. The maximum Gasteiger partial charge on any atom is 0.305 e. The summed E-state index contributed by atoms with van der Waals surface area (Å²) < 4.78 is 26.4. The Kier molecular flexibility index (Phi) is 5.38. The Labute approximate surface area is 103 Å². The number of hydrogen-bond donors (Lipinski definition) is 1. The molecule has 1 rings (SSSR count). The summed E-state index contributed by atoms with van der Waals surface area (Å²) in [5.41, 5.74) is -0.620. The van der Waals surface area contributed by atoms with Crippen LogP contribution in [-0.4, -0.2) is 11.5 Å². The summed E-state index contributed by atoms with van der Waals surface area (Å²) in [6, 6.07) is 1.47. The fraction of sp³-hybridized carbons (Fsp3) is 0.333. The van der Waals surface area contributed by atoms with E-state index in [0.29, 0.717) is 12.6 Å². The molecular formula is C12H14F2N2O2. The Morgan fingerprint density at radius 2 is 2.11 bits per heavy atom. The first-order valence-electron chi connectivity index (χ1n) is 5.50. The van der Waals surface area contributed by atoms with E-state index < -0.39 is 22.2 Å². The quantitative estimate of drug-likeness (QED) is 0.368. The van der Waals surface area contributed by atoms with E-state index in [1.54, 1.807) is 0 Å². The van der Waals surface area contributed by atoms with E-state index in [4.69, 9.17) is 0 Å². The van der Waals surface area contributed by atoms with Gasteiger partial charge in [0.25, 0.3) is 0 Å². The van der Waals surface area contributed by atoms with Crippen LogP contribution in [0.1, 0.15) is 18.9 Å². The molecule has 0 spiro atoms. The minimum atomic E-state index is -1.16. The molecule has 0 radical (unpaired) electrons. The third kappa shape index (κ3) is 3.89. The summed E-state index contributed by atoms with van der Waals surface area (Å²) in [7, 11) is 0. The number of halogens is 2. The summed E-state index contributed by atoms with van der Waals surface area (Å²) >= 11 is 0. The van der Waals surface area contributed by atoms with E-state index in [2.05, 4.69) is 5.32 Å². The van der Waals surface area contributed by atoms with Crippen LogP contribution in [0.3, 0.4) is 0 Å². The highest BCUT2D eigenvalue weighted by molar-refractivity contribution is 5.37. The van der Waals surface area contributed by atoms with Gasteiger partial charge in [0.15, 0.2) is 0 Å². The number of hydrogen-bond acceptors (Lipinski definition) is 3. The molecular weight excluding hydrogens is 242 g/mol. The summed E-state index contributed by atoms with van der Waals surface area (Å²) in [5, 5.41) is 13.4. The zero-order valence-electron chi connectivity index (χ0n) is 9.95.